The van der Waals surface area contributed by atoms with Crippen LogP contribution in [-0.4, -0.2) is 60.5 Å². The van der Waals surface area contributed by atoms with Gasteiger partial charge in [0.15, 0.2) is 5.13 Å². The van der Waals surface area contributed by atoms with Gasteiger partial charge in [0.25, 0.3) is 0 Å². The highest BCUT2D eigenvalue weighted by atomic mass is 79.9. The second-order valence-electron chi connectivity index (χ2n) is 7.50. The fraction of sp³-hybridized carbons (Fsp3) is 0.304. The van der Waals surface area contributed by atoms with E-state index in [9.17, 15) is 4.79 Å². The molecule has 8 heteroatoms. The van der Waals surface area contributed by atoms with Gasteiger partial charge in [0, 0.05) is 48.1 Å². The third-order valence-electron chi connectivity index (χ3n) is 5.26. The Labute approximate surface area is 195 Å². The normalized spacial score (nSPS) is 15.0. The lowest BCUT2D eigenvalue weighted by Gasteiger charge is -2.34. The molecule has 1 aromatic heterocycles. The summed E-state index contributed by atoms with van der Waals surface area (Å²) in [7, 11) is 1.69. The molecular weight excluding hydrogens is 476 g/mol. The van der Waals surface area contributed by atoms with Crippen LogP contribution in [0.2, 0.25) is 0 Å². The summed E-state index contributed by atoms with van der Waals surface area (Å²) in [4.78, 5) is 21.7. The van der Waals surface area contributed by atoms with Crippen LogP contribution in [-0.2, 0) is 11.3 Å². The lowest BCUT2D eigenvalue weighted by Crippen LogP contribution is -2.48. The van der Waals surface area contributed by atoms with Crippen molar-refractivity contribution in [2.75, 3.05) is 45.2 Å². The van der Waals surface area contributed by atoms with Gasteiger partial charge in [0.05, 0.1) is 19.3 Å². The summed E-state index contributed by atoms with van der Waals surface area (Å²) in [5.74, 6) is 0.872. The maximum Gasteiger partial charge on any atom is 0.240 e. The Bertz CT molecular complexity index is 1020. The number of piperazine rings is 1. The SMILES string of the molecule is COc1cccc(CN2CCN(CC(=O)Nc3nc(-c4ccc(Br)cc4)cs3)CC2)c1. The molecule has 31 heavy (non-hydrogen) atoms. The van der Waals surface area contributed by atoms with E-state index < -0.39 is 0 Å². The second-order valence-corrected chi connectivity index (χ2v) is 9.27. The van der Waals surface area contributed by atoms with Crippen LogP contribution in [0.15, 0.2) is 58.4 Å². The Balaban J connectivity index is 1.23. The van der Waals surface area contributed by atoms with Crippen LogP contribution in [0.5, 0.6) is 5.75 Å². The molecule has 162 valence electrons. The smallest absolute Gasteiger partial charge is 0.240 e. The molecule has 1 fully saturated rings. The number of aromatic nitrogens is 1. The maximum atomic E-state index is 12.5. The summed E-state index contributed by atoms with van der Waals surface area (Å²) in [6.07, 6.45) is 0. The van der Waals surface area contributed by atoms with Gasteiger partial charge in [0.1, 0.15) is 5.75 Å². The van der Waals surface area contributed by atoms with Crippen LogP contribution in [0, 0.1) is 0 Å². The molecule has 0 aliphatic carbocycles. The number of hydrogen-bond acceptors (Lipinski definition) is 6. The molecule has 1 aliphatic heterocycles. The maximum absolute atomic E-state index is 12.5. The number of ether oxygens (including phenoxy) is 1. The Kier molecular flexibility index (Phi) is 7.34. The topological polar surface area (TPSA) is 57.7 Å². The van der Waals surface area contributed by atoms with Crippen LogP contribution in [0.4, 0.5) is 5.13 Å². The van der Waals surface area contributed by atoms with E-state index >= 15 is 0 Å². The molecule has 2 heterocycles. The van der Waals surface area contributed by atoms with E-state index in [0.29, 0.717) is 11.7 Å². The average Bonchev–Trinajstić information content (AvgIpc) is 3.24. The van der Waals surface area contributed by atoms with E-state index in [0.717, 1.165) is 54.2 Å². The largest absolute Gasteiger partial charge is 0.497 e. The van der Waals surface area contributed by atoms with Crippen molar-refractivity contribution in [2.24, 2.45) is 0 Å². The van der Waals surface area contributed by atoms with Crippen LogP contribution in [0.3, 0.4) is 0 Å². The molecule has 0 bridgehead atoms. The molecule has 6 nitrogen and oxygen atoms in total. The molecule has 0 saturated carbocycles. The van der Waals surface area contributed by atoms with Crippen molar-refractivity contribution >= 4 is 38.3 Å². The zero-order valence-electron chi connectivity index (χ0n) is 17.4. The van der Waals surface area contributed by atoms with E-state index in [4.69, 9.17) is 4.74 Å². The van der Waals surface area contributed by atoms with Crippen molar-refractivity contribution in [3.63, 3.8) is 0 Å². The number of rotatable bonds is 7. The fourth-order valence-corrected chi connectivity index (χ4v) is 4.58. The molecule has 0 unspecified atom stereocenters. The van der Waals surface area contributed by atoms with Gasteiger partial charge in [-0.2, -0.15) is 0 Å². The Morgan fingerprint density at radius 3 is 2.61 bits per heavy atom. The third kappa shape index (κ3) is 6.13. The van der Waals surface area contributed by atoms with Crippen LogP contribution < -0.4 is 10.1 Å². The molecule has 0 radical (unpaired) electrons. The number of nitrogens with one attached hydrogen (secondary N) is 1. The summed E-state index contributed by atoms with van der Waals surface area (Å²) in [6, 6.07) is 16.2. The molecule has 1 aliphatic rings. The first kappa shape index (κ1) is 22.0. The molecule has 1 saturated heterocycles. The van der Waals surface area contributed by atoms with E-state index in [1.807, 2.05) is 41.8 Å². The fourth-order valence-electron chi connectivity index (χ4n) is 3.58. The minimum absolute atomic E-state index is 0.0158. The predicted octanol–water partition coefficient (Wildman–Crippen LogP) is 4.34. The lowest BCUT2D eigenvalue weighted by molar-refractivity contribution is -0.117. The minimum atomic E-state index is -0.0158. The predicted molar refractivity (Wildman–Crippen MR) is 129 cm³/mol. The van der Waals surface area contributed by atoms with Crippen LogP contribution >= 0.6 is 27.3 Å². The number of benzene rings is 2. The highest BCUT2D eigenvalue weighted by Crippen LogP contribution is 2.26. The minimum Gasteiger partial charge on any atom is -0.497 e. The number of carbonyl (C=O) groups excluding carboxylic acids is 1. The van der Waals surface area contributed by atoms with Gasteiger partial charge in [-0.1, -0.05) is 40.2 Å². The summed E-state index contributed by atoms with van der Waals surface area (Å²) >= 11 is 4.89. The quantitative estimate of drug-likeness (QED) is 0.522. The van der Waals surface area contributed by atoms with Gasteiger partial charge in [-0.15, -0.1) is 11.3 Å². The first-order valence-corrected chi connectivity index (χ1v) is 11.9. The Morgan fingerprint density at radius 1 is 1.13 bits per heavy atom. The zero-order chi connectivity index (χ0) is 21.6. The van der Waals surface area contributed by atoms with Gasteiger partial charge in [-0.3, -0.25) is 14.6 Å². The van der Waals surface area contributed by atoms with E-state index in [-0.39, 0.29) is 5.91 Å². The Morgan fingerprint density at radius 2 is 1.87 bits per heavy atom. The number of amides is 1. The molecule has 3 aromatic rings. The number of carbonyl (C=O) groups is 1. The average molecular weight is 501 g/mol. The Hall–Kier alpha value is -2.26. The monoisotopic (exact) mass is 500 g/mol. The van der Waals surface area contributed by atoms with Gasteiger partial charge >= 0.3 is 0 Å². The number of halogens is 1. The van der Waals surface area contributed by atoms with Gasteiger partial charge in [-0.05, 0) is 29.8 Å². The lowest BCUT2D eigenvalue weighted by atomic mass is 10.2. The first-order chi connectivity index (χ1) is 15.1. The van der Waals surface area contributed by atoms with Crippen molar-refractivity contribution in [1.82, 2.24) is 14.8 Å². The van der Waals surface area contributed by atoms with Crippen LogP contribution in [0.1, 0.15) is 5.56 Å². The summed E-state index contributed by atoms with van der Waals surface area (Å²) in [6.45, 7) is 4.92. The molecule has 1 N–H and O–H groups in total. The number of nitrogens with zero attached hydrogens (tertiary/aromatic N) is 3. The van der Waals surface area contributed by atoms with Gasteiger partial charge < -0.3 is 10.1 Å². The van der Waals surface area contributed by atoms with E-state index in [1.54, 1.807) is 7.11 Å². The standard InChI is InChI=1S/C23H25BrN4O2S/c1-30-20-4-2-3-17(13-20)14-27-9-11-28(12-10-27)15-22(29)26-23-25-21(16-31-23)18-5-7-19(24)8-6-18/h2-8,13,16H,9-12,14-15H2,1H3,(H,25,26,29). The zero-order valence-corrected chi connectivity index (χ0v) is 19.8. The van der Waals surface area contributed by atoms with Crippen molar-refractivity contribution < 1.29 is 9.53 Å². The van der Waals surface area contributed by atoms with Crippen molar-refractivity contribution in [3.8, 4) is 17.0 Å². The highest BCUT2D eigenvalue weighted by molar-refractivity contribution is 9.10. The number of hydrogen-bond donors (Lipinski definition) is 1. The molecular formula is C23H25BrN4O2S. The van der Waals surface area contributed by atoms with E-state index in [2.05, 4.69) is 48.2 Å². The van der Waals surface area contributed by atoms with Crippen molar-refractivity contribution in [2.45, 2.75) is 6.54 Å². The van der Waals surface area contributed by atoms with Crippen molar-refractivity contribution in [1.29, 1.82) is 0 Å². The summed E-state index contributed by atoms with van der Waals surface area (Å²) in [5, 5.41) is 5.55. The number of methoxy groups -OCH3 is 1. The van der Waals surface area contributed by atoms with Gasteiger partial charge in [-0.25, -0.2) is 4.98 Å². The number of thiazole rings is 1. The van der Waals surface area contributed by atoms with Crippen LogP contribution in [0.25, 0.3) is 11.3 Å². The molecule has 1 amide bonds. The second kappa shape index (κ2) is 10.4. The van der Waals surface area contributed by atoms with Gasteiger partial charge in [0.2, 0.25) is 5.91 Å². The third-order valence-corrected chi connectivity index (χ3v) is 6.55. The highest BCUT2D eigenvalue weighted by Gasteiger charge is 2.19. The summed E-state index contributed by atoms with van der Waals surface area (Å²) in [5.41, 5.74) is 3.15. The van der Waals surface area contributed by atoms with E-state index in [1.165, 1.54) is 16.9 Å². The molecule has 2 aromatic carbocycles. The molecule has 0 atom stereocenters. The number of anilines is 1. The molecule has 4 rings (SSSR count). The molecule has 0 spiro atoms. The summed E-state index contributed by atoms with van der Waals surface area (Å²) < 4.78 is 6.34. The van der Waals surface area contributed by atoms with Crippen molar-refractivity contribution in [3.05, 3.63) is 63.9 Å². The first-order valence-electron chi connectivity index (χ1n) is 10.2.